The van der Waals surface area contributed by atoms with Gasteiger partial charge in [0.2, 0.25) is 11.9 Å². The molecule has 0 atom stereocenters. The van der Waals surface area contributed by atoms with Crippen molar-refractivity contribution in [2.45, 2.75) is 18.0 Å². The van der Waals surface area contributed by atoms with Gasteiger partial charge in [-0.1, -0.05) is 48.0 Å². The van der Waals surface area contributed by atoms with Crippen LogP contribution in [0.3, 0.4) is 0 Å². The van der Waals surface area contributed by atoms with Gasteiger partial charge in [-0.15, -0.1) is 9.19 Å². The maximum absolute atomic E-state index is 13.4. The summed E-state index contributed by atoms with van der Waals surface area (Å²) in [5.74, 6) is 1.55. The van der Waals surface area contributed by atoms with E-state index in [-0.39, 0.29) is 23.3 Å². The normalized spacial score (nSPS) is 11.2. The van der Waals surface area contributed by atoms with E-state index in [1.165, 1.54) is 24.3 Å². The standard InChI is InChI=1S/C24H24ClN5O4S/c1-33-21-9-5-3-7-17(21)15-26-23-28-24(27-16-18-8-4-6-10-22(18)34-2)30(29-23)35(31,32)20-13-11-19(25)12-14-20/h3-14H,15-16H2,1-2H3,(H2,26,27,28,29). The minimum atomic E-state index is -4.06. The van der Waals surface area contributed by atoms with Crippen molar-refractivity contribution in [1.82, 2.24) is 14.2 Å². The van der Waals surface area contributed by atoms with Crippen LogP contribution in [0.5, 0.6) is 11.5 Å². The van der Waals surface area contributed by atoms with Crippen molar-refractivity contribution in [3.8, 4) is 11.5 Å². The van der Waals surface area contributed by atoms with E-state index >= 15 is 0 Å². The van der Waals surface area contributed by atoms with Gasteiger partial charge in [-0.05, 0) is 36.4 Å². The Hall–Kier alpha value is -3.76. The Balaban J connectivity index is 1.66. The zero-order chi connectivity index (χ0) is 24.8. The maximum atomic E-state index is 13.4. The number of hydrogen-bond acceptors (Lipinski definition) is 8. The second-order valence-electron chi connectivity index (χ2n) is 7.39. The van der Waals surface area contributed by atoms with Crippen LogP contribution in [0.15, 0.2) is 77.7 Å². The Morgan fingerprint density at radius 2 is 1.37 bits per heavy atom. The zero-order valence-electron chi connectivity index (χ0n) is 19.1. The van der Waals surface area contributed by atoms with Gasteiger partial charge in [0.1, 0.15) is 11.5 Å². The first-order valence-electron chi connectivity index (χ1n) is 10.6. The molecule has 9 nitrogen and oxygen atoms in total. The molecule has 1 heterocycles. The van der Waals surface area contributed by atoms with Gasteiger partial charge in [0, 0.05) is 29.2 Å². The Kier molecular flexibility index (Phi) is 7.42. The highest BCUT2D eigenvalue weighted by Crippen LogP contribution is 2.24. The van der Waals surface area contributed by atoms with Crippen LogP contribution in [-0.2, 0) is 23.1 Å². The van der Waals surface area contributed by atoms with Crippen LogP contribution in [0.1, 0.15) is 11.1 Å². The van der Waals surface area contributed by atoms with Gasteiger partial charge in [0.15, 0.2) is 0 Å². The van der Waals surface area contributed by atoms with Gasteiger partial charge in [-0.25, -0.2) is 0 Å². The highest BCUT2D eigenvalue weighted by Gasteiger charge is 2.24. The lowest BCUT2D eigenvalue weighted by Gasteiger charge is -2.11. The zero-order valence-corrected chi connectivity index (χ0v) is 20.7. The lowest BCUT2D eigenvalue weighted by Crippen LogP contribution is -2.18. The topological polar surface area (TPSA) is 107 Å². The molecule has 0 saturated heterocycles. The van der Waals surface area contributed by atoms with Crippen LogP contribution in [0.25, 0.3) is 0 Å². The van der Waals surface area contributed by atoms with Crippen LogP contribution < -0.4 is 20.1 Å². The van der Waals surface area contributed by atoms with Crippen LogP contribution in [0.4, 0.5) is 11.9 Å². The number of anilines is 2. The number of nitrogens with one attached hydrogen (secondary N) is 2. The van der Waals surface area contributed by atoms with Crippen molar-refractivity contribution in [3.63, 3.8) is 0 Å². The fourth-order valence-corrected chi connectivity index (χ4v) is 4.73. The van der Waals surface area contributed by atoms with Gasteiger partial charge < -0.3 is 20.1 Å². The number of benzene rings is 3. The van der Waals surface area contributed by atoms with Crippen LogP contribution in [0, 0.1) is 0 Å². The van der Waals surface area contributed by atoms with Crippen molar-refractivity contribution >= 4 is 33.5 Å². The number of ether oxygens (including phenoxy) is 2. The monoisotopic (exact) mass is 513 g/mol. The number of halogens is 1. The number of hydrogen-bond donors (Lipinski definition) is 2. The second kappa shape index (κ2) is 10.7. The summed E-state index contributed by atoms with van der Waals surface area (Å²) in [6, 6.07) is 20.8. The summed E-state index contributed by atoms with van der Waals surface area (Å²) in [6.45, 7) is 0.603. The van der Waals surface area contributed by atoms with E-state index in [4.69, 9.17) is 21.1 Å². The van der Waals surface area contributed by atoms with Crippen molar-refractivity contribution < 1.29 is 17.9 Å². The highest BCUT2D eigenvalue weighted by atomic mass is 35.5. The van der Waals surface area contributed by atoms with E-state index in [0.29, 0.717) is 23.1 Å². The third-order valence-electron chi connectivity index (χ3n) is 5.18. The van der Waals surface area contributed by atoms with E-state index in [1.807, 2.05) is 48.5 Å². The third-order valence-corrected chi connectivity index (χ3v) is 7.01. The summed E-state index contributed by atoms with van der Waals surface area (Å²) in [6.07, 6.45) is 0. The van der Waals surface area contributed by atoms with Crippen molar-refractivity contribution in [2.75, 3.05) is 24.9 Å². The van der Waals surface area contributed by atoms with Crippen LogP contribution in [0.2, 0.25) is 5.02 Å². The summed E-state index contributed by atoms with van der Waals surface area (Å²) in [5, 5.41) is 10.8. The Bertz CT molecular complexity index is 1410. The molecule has 0 saturated carbocycles. The van der Waals surface area contributed by atoms with Crippen LogP contribution in [-0.4, -0.2) is 36.8 Å². The number of para-hydroxylation sites is 2. The van der Waals surface area contributed by atoms with E-state index in [2.05, 4.69) is 20.7 Å². The maximum Gasteiger partial charge on any atom is 0.286 e. The first-order valence-corrected chi connectivity index (χ1v) is 12.4. The average molecular weight is 514 g/mol. The summed E-state index contributed by atoms with van der Waals surface area (Å²) in [5.41, 5.74) is 1.70. The molecule has 0 aliphatic rings. The molecule has 2 N–H and O–H groups in total. The molecule has 182 valence electrons. The molecule has 0 aliphatic carbocycles. The molecule has 0 aliphatic heterocycles. The minimum Gasteiger partial charge on any atom is -0.496 e. The Morgan fingerprint density at radius 3 is 1.94 bits per heavy atom. The fourth-order valence-electron chi connectivity index (χ4n) is 3.40. The van der Waals surface area contributed by atoms with Gasteiger partial charge in [-0.2, -0.15) is 13.4 Å². The number of aromatic nitrogens is 3. The fraction of sp³-hybridized carbons (Fsp3) is 0.167. The number of rotatable bonds is 10. The molecule has 3 aromatic carbocycles. The van der Waals surface area contributed by atoms with Crippen LogP contribution >= 0.6 is 11.6 Å². The Morgan fingerprint density at radius 1 is 0.829 bits per heavy atom. The van der Waals surface area contributed by atoms with E-state index < -0.39 is 10.0 Å². The molecule has 0 bridgehead atoms. The molecular weight excluding hydrogens is 490 g/mol. The van der Waals surface area contributed by atoms with Gasteiger partial charge >= 0.3 is 0 Å². The summed E-state index contributed by atoms with van der Waals surface area (Å²) in [4.78, 5) is 4.43. The van der Waals surface area contributed by atoms with Crippen molar-refractivity contribution in [3.05, 3.63) is 88.9 Å². The lowest BCUT2D eigenvalue weighted by atomic mass is 10.2. The molecule has 11 heteroatoms. The Labute approximate surface area is 208 Å². The minimum absolute atomic E-state index is 0.0309. The summed E-state index contributed by atoms with van der Waals surface area (Å²) in [7, 11) is -0.892. The van der Waals surface area contributed by atoms with Gasteiger partial charge in [0.05, 0.1) is 19.1 Å². The van der Waals surface area contributed by atoms with E-state index in [1.54, 1.807) is 14.2 Å². The van der Waals surface area contributed by atoms with Crippen molar-refractivity contribution in [1.29, 1.82) is 0 Å². The molecule has 0 radical (unpaired) electrons. The summed E-state index contributed by atoms with van der Waals surface area (Å²) >= 11 is 5.94. The van der Waals surface area contributed by atoms with Crippen molar-refractivity contribution in [2.24, 2.45) is 0 Å². The first kappa shape index (κ1) is 24.4. The van der Waals surface area contributed by atoms with Gasteiger partial charge in [0.25, 0.3) is 10.0 Å². The molecule has 4 aromatic rings. The predicted molar refractivity (Wildman–Crippen MR) is 135 cm³/mol. The quantitative estimate of drug-likeness (QED) is 0.321. The SMILES string of the molecule is COc1ccccc1CNc1nc(NCc2ccccc2OC)n(S(=O)(=O)c2ccc(Cl)cc2)n1. The second-order valence-corrected chi connectivity index (χ2v) is 9.60. The van der Waals surface area contributed by atoms with Gasteiger partial charge in [-0.3, -0.25) is 0 Å². The van der Waals surface area contributed by atoms with E-state index in [9.17, 15) is 8.42 Å². The first-order chi connectivity index (χ1) is 16.9. The molecular formula is C24H24ClN5O4S. The molecule has 35 heavy (non-hydrogen) atoms. The number of nitrogens with zero attached hydrogens (tertiary/aromatic N) is 3. The lowest BCUT2D eigenvalue weighted by molar-refractivity contribution is 0.410. The highest BCUT2D eigenvalue weighted by molar-refractivity contribution is 7.90. The summed E-state index contributed by atoms with van der Waals surface area (Å²) < 4.78 is 38.4. The molecule has 0 amide bonds. The number of methoxy groups -OCH3 is 2. The average Bonchev–Trinajstić information content (AvgIpc) is 3.31. The third kappa shape index (κ3) is 5.50. The molecule has 0 spiro atoms. The van der Waals surface area contributed by atoms with E-state index in [0.717, 1.165) is 15.2 Å². The smallest absolute Gasteiger partial charge is 0.286 e. The molecule has 1 aromatic heterocycles. The molecule has 4 rings (SSSR count). The molecule has 0 fully saturated rings. The predicted octanol–water partition coefficient (Wildman–Crippen LogP) is 4.41. The molecule has 0 unspecified atom stereocenters. The largest absolute Gasteiger partial charge is 0.496 e.